The van der Waals surface area contributed by atoms with Gasteiger partial charge in [0.2, 0.25) is 5.95 Å². The molecule has 0 aliphatic carbocycles. The lowest BCUT2D eigenvalue weighted by molar-refractivity contribution is -0.115. The molecule has 1 aromatic carbocycles. The van der Waals surface area contributed by atoms with Crippen molar-refractivity contribution in [2.24, 2.45) is 5.73 Å². The van der Waals surface area contributed by atoms with E-state index in [0.29, 0.717) is 29.0 Å². The second-order valence-corrected chi connectivity index (χ2v) is 6.18. The van der Waals surface area contributed by atoms with E-state index in [4.69, 9.17) is 5.73 Å². The summed E-state index contributed by atoms with van der Waals surface area (Å²) in [5.41, 5.74) is 8.44. The van der Waals surface area contributed by atoms with E-state index >= 15 is 0 Å². The van der Waals surface area contributed by atoms with Crippen LogP contribution in [0.15, 0.2) is 29.5 Å². The number of primary amides is 1. The highest BCUT2D eigenvalue weighted by molar-refractivity contribution is 6.04. The summed E-state index contributed by atoms with van der Waals surface area (Å²) in [6.07, 6.45) is 0.192. The summed E-state index contributed by atoms with van der Waals surface area (Å²) < 4.78 is 1.59. The topological polar surface area (TPSA) is 136 Å². The predicted molar refractivity (Wildman–Crippen MR) is 92.2 cm³/mol. The van der Waals surface area contributed by atoms with E-state index in [9.17, 15) is 9.59 Å². The van der Waals surface area contributed by atoms with Crippen LogP contribution in [-0.4, -0.2) is 49.1 Å². The van der Waals surface area contributed by atoms with Crippen LogP contribution in [0.4, 0.5) is 5.95 Å². The van der Waals surface area contributed by atoms with Gasteiger partial charge in [0.1, 0.15) is 0 Å². The average Bonchev–Trinajstić information content (AvgIpc) is 3.24. The molecule has 26 heavy (non-hydrogen) atoms. The fraction of sp³-hybridized carbons (Fsp3) is 0.250. The van der Waals surface area contributed by atoms with Gasteiger partial charge in [-0.15, -0.1) is 0 Å². The van der Waals surface area contributed by atoms with Gasteiger partial charge in [0.25, 0.3) is 5.91 Å². The Morgan fingerprint density at radius 3 is 2.92 bits per heavy atom. The van der Waals surface area contributed by atoms with Crippen LogP contribution in [0.3, 0.4) is 0 Å². The van der Waals surface area contributed by atoms with E-state index < -0.39 is 5.91 Å². The van der Waals surface area contributed by atoms with Crippen LogP contribution in [0, 0.1) is 0 Å². The van der Waals surface area contributed by atoms with Gasteiger partial charge in [0, 0.05) is 30.1 Å². The zero-order chi connectivity index (χ0) is 18.4. The molecule has 0 fully saturated rings. The van der Waals surface area contributed by atoms with Crippen LogP contribution in [0.25, 0.3) is 10.9 Å². The number of H-pyrrole nitrogens is 1. The van der Waals surface area contributed by atoms with Gasteiger partial charge in [0.05, 0.1) is 12.1 Å². The van der Waals surface area contributed by atoms with Crippen LogP contribution >= 0.6 is 0 Å². The van der Waals surface area contributed by atoms with Gasteiger partial charge in [-0.25, -0.2) is 4.68 Å². The molecule has 0 bridgehead atoms. The fourth-order valence-corrected chi connectivity index (χ4v) is 3.10. The Balaban J connectivity index is 1.64. The number of benzene rings is 1. The molecule has 0 saturated carbocycles. The second-order valence-electron chi connectivity index (χ2n) is 6.18. The number of anilines is 1. The van der Waals surface area contributed by atoms with Crippen molar-refractivity contribution in [3.05, 3.63) is 40.7 Å². The molecule has 1 amide bonds. The summed E-state index contributed by atoms with van der Waals surface area (Å²) in [6.45, 7) is 2.20. The summed E-state index contributed by atoms with van der Waals surface area (Å²) in [7, 11) is 1.82. The van der Waals surface area contributed by atoms with Gasteiger partial charge in [-0.1, -0.05) is 11.2 Å². The van der Waals surface area contributed by atoms with Crippen molar-refractivity contribution in [3.8, 4) is 0 Å². The number of carbonyl (C=O) groups is 2. The Labute approximate surface area is 147 Å². The lowest BCUT2D eigenvalue weighted by Gasteiger charge is -2.26. The number of fused-ring (bicyclic) bond motifs is 2. The number of ketones is 1. The number of allylic oxidation sites excluding steroid dienone is 2. The summed E-state index contributed by atoms with van der Waals surface area (Å²) in [5.74, 6) is -0.0395. The van der Waals surface area contributed by atoms with Crippen molar-refractivity contribution in [1.82, 2.24) is 30.4 Å². The van der Waals surface area contributed by atoms with E-state index in [0.717, 1.165) is 11.3 Å². The smallest absolute Gasteiger partial charge is 0.269 e. The molecular weight excluding hydrogens is 336 g/mol. The van der Waals surface area contributed by atoms with Gasteiger partial charge >= 0.3 is 0 Å². The summed E-state index contributed by atoms with van der Waals surface area (Å²) in [5, 5.41) is 18.8. The number of amides is 1. The molecule has 1 aliphatic heterocycles. The van der Waals surface area contributed by atoms with Crippen molar-refractivity contribution < 1.29 is 9.59 Å². The maximum Gasteiger partial charge on any atom is 0.269 e. The first-order chi connectivity index (χ1) is 12.5. The minimum Gasteiger partial charge on any atom is -0.364 e. The number of Topliss-reactive ketones (excluding diaryl/α,β-unsaturated/α-hetero) is 1. The zero-order valence-electron chi connectivity index (χ0n) is 14.2. The quantitative estimate of drug-likeness (QED) is 0.684. The number of aromatic nitrogens is 6. The second kappa shape index (κ2) is 5.76. The molecule has 10 nitrogen and oxygen atoms in total. The van der Waals surface area contributed by atoms with Crippen molar-refractivity contribution in [2.45, 2.75) is 19.9 Å². The van der Waals surface area contributed by atoms with Crippen molar-refractivity contribution in [3.63, 3.8) is 0 Å². The van der Waals surface area contributed by atoms with Gasteiger partial charge in [-0.05, 0) is 35.0 Å². The van der Waals surface area contributed by atoms with Crippen molar-refractivity contribution >= 4 is 28.5 Å². The molecule has 0 saturated heterocycles. The fourth-order valence-electron chi connectivity index (χ4n) is 3.10. The molecule has 2 aromatic heterocycles. The van der Waals surface area contributed by atoms with Crippen LogP contribution in [0.2, 0.25) is 0 Å². The molecule has 3 N–H and O–H groups in total. The molecule has 4 rings (SSSR count). The number of hydrogen-bond acceptors (Lipinski definition) is 7. The number of nitrogens with two attached hydrogens (primary N) is 1. The van der Waals surface area contributed by atoms with Crippen LogP contribution in [0.1, 0.15) is 23.0 Å². The Morgan fingerprint density at radius 1 is 1.35 bits per heavy atom. The van der Waals surface area contributed by atoms with E-state index in [1.807, 2.05) is 20.0 Å². The molecule has 0 spiro atoms. The predicted octanol–water partition coefficient (Wildman–Crippen LogP) is 0.184. The minimum atomic E-state index is -0.613. The lowest BCUT2D eigenvalue weighted by atomic mass is 9.99. The SMILES string of the molecule is CC1=C(C(=O)Cc2ccc3[nH]nc(C(N)=O)c3c2)Cn2nnnc2N1C. The molecule has 132 valence electrons. The number of nitrogens with zero attached hydrogens (tertiary/aromatic N) is 6. The van der Waals surface area contributed by atoms with Crippen LogP contribution in [-0.2, 0) is 17.8 Å². The van der Waals surface area contributed by atoms with Gasteiger partial charge in [0.15, 0.2) is 11.5 Å². The van der Waals surface area contributed by atoms with E-state index in [1.54, 1.807) is 21.7 Å². The van der Waals surface area contributed by atoms with Crippen molar-refractivity contribution in [1.29, 1.82) is 0 Å². The summed E-state index contributed by atoms with van der Waals surface area (Å²) >= 11 is 0. The largest absolute Gasteiger partial charge is 0.364 e. The Morgan fingerprint density at radius 2 is 2.15 bits per heavy atom. The molecular formula is C16H16N8O2. The molecule has 1 aliphatic rings. The van der Waals surface area contributed by atoms with Gasteiger partial charge in [-0.3, -0.25) is 14.7 Å². The Bertz CT molecular complexity index is 1080. The van der Waals surface area contributed by atoms with E-state index in [1.165, 1.54) is 0 Å². The number of carbonyl (C=O) groups excluding carboxylic acids is 2. The lowest BCUT2D eigenvalue weighted by Crippen LogP contribution is -2.30. The number of rotatable bonds is 4. The molecule has 3 aromatic rings. The van der Waals surface area contributed by atoms with Crippen LogP contribution < -0.4 is 10.6 Å². The maximum absolute atomic E-state index is 12.9. The number of hydrogen-bond donors (Lipinski definition) is 2. The molecule has 0 unspecified atom stereocenters. The average molecular weight is 352 g/mol. The summed E-state index contributed by atoms with van der Waals surface area (Å²) in [4.78, 5) is 26.1. The first-order valence-corrected chi connectivity index (χ1v) is 7.95. The standard InChI is InChI=1S/C16H16N8O2/c1-8-11(7-24-16(23(8)2)20-21-22-24)13(25)6-9-3-4-12-10(5-9)14(15(17)26)19-18-12/h3-5H,6-7H2,1-2H3,(H2,17,26)(H,18,19). The minimum absolute atomic E-state index is 0.0287. The van der Waals surface area contributed by atoms with E-state index in [-0.39, 0.29) is 17.9 Å². The highest BCUT2D eigenvalue weighted by Crippen LogP contribution is 2.25. The summed E-state index contributed by atoms with van der Waals surface area (Å²) in [6, 6.07) is 5.38. The first kappa shape index (κ1) is 15.9. The highest BCUT2D eigenvalue weighted by Gasteiger charge is 2.26. The maximum atomic E-state index is 12.9. The Kier molecular flexibility index (Phi) is 3.53. The monoisotopic (exact) mass is 352 g/mol. The number of tetrazole rings is 1. The third-order valence-electron chi connectivity index (χ3n) is 4.62. The molecule has 10 heteroatoms. The zero-order valence-corrected chi connectivity index (χ0v) is 14.2. The third-order valence-corrected chi connectivity index (χ3v) is 4.62. The third kappa shape index (κ3) is 2.42. The van der Waals surface area contributed by atoms with Crippen LogP contribution in [0.5, 0.6) is 0 Å². The van der Waals surface area contributed by atoms with E-state index in [2.05, 4.69) is 25.7 Å². The number of aromatic amines is 1. The molecule has 0 atom stereocenters. The normalized spacial score (nSPS) is 14.0. The first-order valence-electron chi connectivity index (χ1n) is 7.95. The Hall–Kier alpha value is -3.56. The number of nitrogens with one attached hydrogen (secondary N) is 1. The van der Waals surface area contributed by atoms with Gasteiger partial charge in [-0.2, -0.15) is 5.10 Å². The molecule has 0 radical (unpaired) electrons. The molecule has 3 heterocycles. The van der Waals surface area contributed by atoms with Crippen molar-refractivity contribution in [2.75, 3.05) is 11.9 Å². The van der Waals surface area contributed by atoms with Gasteiger partial charge < -0.3 is 10.6 Å². The highest BCUT2D eigenvalue weighted by atomic mass is 16.1.